The quantitative estimate of drug-likeness (QED) is 0.582. The van der Waals surface area contributed by atoms with E-state index >= 15 is 0 Å². The summed E-state index contributed by atoms with van der Waals surface area (Å²) in [5, 5.41) is 1.71. The van der Waals surface area contributed by atoms with Crippen molar-refractivity contribution in [3.05, 3.63) is 89.8 Å². The molecule has 1 aromatic carbocycles. The molecule has 0 saturated carbocycles. The minimum absolute atomic E-state index is 0. The van der Waals surface area contributed by atoms with Crippen LogP contribution in [-0.4, -0.2) is 39.6 Å². The molecule has 0 bridgehead atoms. The van der Waals surface area contributed by atoms with E-state index in [1.165, 1.54) is 17.3 Å². The number of nitrogens with zero attached hydrogens (tertiary/aromatic N) is 4. The highest BCUT2D eigenvalue weighted by Crippen LogP contribution is 2.32. The molecule has 7 nitrogen and oxygen atoms in total. The lowest BCUT2D eigenvalue weighted by Crippen LogP contribution is -2.47. The van der Waals surface area contributed by atoms with Crippen LogP contribution in [0.3, 0.4) is 0 Å². The Balaban J connectivity index is 0.00000306. The van der Waals surface area contributed by atoms with E-state index in [9.17, 15) is 18.0 Å². The molecule has 11 heteroatoms. The smallest absolute Gasteiger partial charge is 0.376 e. The summed E-state index contributed by atoms with van der Waals surface area (Å²) in [6, 6.07) is 8.52. The minimum Gasteiger partial charge on any atom is -0.376 e. The zero-order chi connectivity index (χ0) is 22.9. The number of nitrogens with one attached hydrogen (secondary N) is 2. The van der Waals surface area contributed by atoms with Gasteiger partial charge in [-0.05, 0) is 48.0 Å². The third-order valence-corrected chi connectivity index (χ3v) is 5.04. The van der Waals surface area contributed by atoms with Crippen LogP contribution in [-0.2, 0) is 12.7 Å². The predicted molar refractivity (Wildman–Crippen MR) is 121 cm³/mol. The number of likely N-dealkylation sites (N-methyl/N-ethyl adjacent to an activating group) is 1. The van der Waals surface area contributed by atoms with Gasteiger partial charge in [0.25, 0.3) is 5.91 Å². The van der Waals surface area contributed by atoms with Crippen molar-refractivity contribution in [3.8, 4) is 0 Å². The lowest BCUT2D eigenvalue weighted by molar-refractivity contribution is -0.137. The van der Waals surface area contributed by atoms with E-state index in [4.69, 9.17) is 0 Å². The molecule has 1 aliphatic heterocycles. The highest BCUT2D eigenvalue weighted by atomic mass is 35.5. The molecule has 4 rings (SSSR count). The number of halogens is 4. The molecule has 0 fully saturated rings. The van der Waals surface area contributed by atoms with Gasteiger partial charge in [-0.1, -0.05) is 0 Å². The summed E-state index contributed by atoms with van der Waals surface area (Å²) in [5.74, 6) is -0.470. The van der Waals surface area contributed by atoms with E-state index in [2.05, 4.69) is 15.8 Å². The first kappa shape index (κ1) is 24.0. The van der Waals surface area contributed by atoms with Gasteiger partial charge in [0, 0.05) is 56.3 Å². The van der Waals surface area contributed by atoms with Crippen molar-refractivity contribution in [2.45, 2.75) is 12.7 Å². The van der Waals surface area contributed by atoms with Gasteiger partial charge in [0.2, 0.25) is 0 Å². The first-order chi connectivity index (χ1) is 15.2. The Morgan fingerprint density at radius 1 is 1.15 bits per heavy atom. The number of carbonyl (C=O) groups is 1. The molecule has 0 unspecified atom stereocenters. The SMILES string of the molecule is CN(C)C1=CNN(NC(=O)c2cc3cc(C(F)(F)F)ccc3n2Cc2ccncc2)C=C1.Cl. The maximum absolute atomic E-state index is 13.2. The Hall–Kier alpha value is -3.66. The zero-order valence-corrected chi connectivity index (χ0v) is 18.6. The zero-order valence-electron chi connectivity index (χ0n) is 17.8. The van der Waals surface area contributed by atoms with Crippen molar-refractivity contribution in [2.24, 2.45) is 0 Å². The van der Waals surface area contributed by atoms with Crippen LogP contribution in [0.5, 0.6) is 0 Å². The van der Waals surface area contributed by atoms with Crippen LogP contribution in [0.2, 0.25) is 0 Å². The fourth-order valence-electron chi connectivity index (χ4n) is 3.37. The molecular formula is C22H22ClF3N6O. The van der Waals surface area contributed by atoms with Crippen molar-refractivity contribution in [3.63, 3.8) is 0 Å². The number of pyridine rings is 1. The van der Waals surface area contributed by atoms with Crippen molar-refractivity contribution < 1.29 is 18.0 Å². The average molecular weight is 479 g/mol. The van der Waals surface area contributed by atoms with Crippen LogP contribution < -0.4 is 10.9 Å². The van der Waals surface area contributed by atoms with Gasteiger partial charge in [0.1, 0.15) is 5.69 Å². The molecule has 0 spiro atoms. The Bertz CT molecular complexity index is 1200. The molecule has 3 heterocycles. The second-order valence-corrected chi connectivity index (χ2v) is 7.46. The van der Waals surface area contributed by atoms with Crippen molar-refractivity contribution in [1.82, 2.24) is 30.4 Å². The summed E-state index contributed by atoms with van der Waals surface area (Å²) in [4.78, 5) is 19.0. The molecule has 1 aliphatic rings. The maximum Gasteiger partial charge on any atom is 0.416 e. The molecular weight excluding hydrogens is 457 g/mol. The molecule has 0 atom stereocenters. The normalized spacial score (nSPS) is 13.2. The Labute approximate surface area is 194 Å². The Morgan fingerprint density at radius 3 is 2.48 bits per heavy atom. The molecule has 0 aliphatic carbocycles. The van der Waals surface area contributed by atoms with Crippen LogP contribution in [0.4, 0.5) is 13.2 Å². The number of hydrogen-bond acceptors (Lipinski definition) is 5. The van der Waals surface area contributed by atoms with Gasteiger partial charge in [-0.15, -0.1) is 12.4 Å². The summed E-state index contributed by atoms with van der Waals surface area (Å²) in [7, 11) is 3.78. The Kier molecular flexibility index (Phi) is 6.87. The fourth-order valence-corrected chi connectivity index (χ4v) is 3.37. The molecule has 3 aromatic rings. The molecule has 2 N–H and O–H groups in total. The van der Waals surface area contributed by atoms with E-state index in [0.29, 0.717) is 17.4 Å². The van der Waals surface area contributed by atoms with Crippen molar-refractivity contribution >= 4 is 29.2 Å². The monoisotopic (exact) mass is 478 g/mol. The molecule has 0 radical (unpaired) electrons. The number of fused-ring (bicyclic) bond motifs is 1. The lowest BCUT2D eigenvalue weighted by atomic mass is 10.1. The molecule has 1 amide bonds. The van der Waals surface area contributed by atoms with Gasteiger partial charge in [0.15, 0.2) is 0 Å². The van der Waals surface area contributed by atoms with Crippen LogP contribution >= 0.6 is 12.4 Å². The number of alkyl halides is 3. The van der Waals surface area contributed by atoms with E-state index in [0.717, 1.165) is 23.4 Å². The average Bonchev–Trinajstić information content (AvgIpc) is 3.12. The first-order valence-electron chi connectivity index (χ1n) is 9.74. The van der Waals surface area contributed by atoms with Gasteiger partial charge in [-0.25, -0.2) is 10.5 Å². The fraction of sp³-hybridized carbons (Fsp3) is 0.182. The number of hydrazine groups is 2. The topological polar surface area (TPSA) is 65.4 Å². The predicted octanol–water partition coefficient (Wildman–Crippen LogP) is 3.91. The van der Waals surface area contributed by atoms with Gasteiger partial charge < -0.3 is 9.47 Å². The first-order valence-corrected chi connectivity index (χ1v) is 9.74. The van der Waals surface area contributed by atoms with E-state index in [1.807, 2.05) is 19.0 Å². The Morgan fingerprint density at radius 2 is 1.88 bits per heavy atom. The lowest BCUT2D eigenvalue weighted by Gasteiger charge is -2.26. The van der Waals surface area contributed by atoms with E-state index in [1.54, 1.807) is 47.6 Å². The van der Waals surface area contributed by atoms with Gasteiger partial charge in [-0.2, -0.15) is 13.2 Å². The summed E-state index contributed by atoms with van der Waals surface area (Å²) < 4.78 is 41.3. The summed E-state index contributed by atoms with van der Waals surface area (Å²) in [6.45, 7) is 0.300. The van der Waals surface area contributed by atoms with Crippen LogP contribution in [0.1, 0.15) is 21.6 Å². The highest BCUT2D eigenvalue weighted by Gasteiger charge is 2.31. The van der Waals surface area contributed by atoms with E-state index < -0.39 is 17.6 Å². The van der Waals surface area contributed by atoms with Crippen LogP contribution in [0, 0.1) is 0 Å². The maximum atomic E-state index is 13.2. The number of aromatic nitrogens is 2. The number of carbonyl (C=O) groups excluding carboxylic acids is 1. The van der Waals surface area contributed by atoms with Gasteiger partial charge in [-0.3, -0.25) is 15.2 Å². The highest BCUT2D eigenvalue weighted by molar-refractivity contribution is 5.98. The third-order valence-electron chi connectivity index (χ3n) is 5.04. The van der Waals surface area contributed by atoms with Crippen LogP contribution in [0.25, 0.3) is 10.9 Å². The molecule has 174 valence electrons. The number of benzene rings is 1. The summed E-state index contributed by atoms with van der Waals surface area (Å²) in [5.41, 5.74) is 7.39. The van der Waals surface area contributed by atoms with Crippen LogP contribution in [0.15, 0.2) is 73.0 Å². The second-order valence-electron chi connectivity index (χ2n) is 7.46. The minimum atomic E-state index is -4.47. The van der Waals surface area contributed by atoms with Crippen molar-refractivity contribution in [1.29, 1.82) is 0 Å². The van der Waals surface area contributed by atoms with Gasteiger partial charge >= 0.3 is 6.18 Å². The van der Waals surface area contributed by atoms with Gasteiger partial charge in [0.05, 0.1) is 11.3 Å². The number of hydrogen-bond donors (Lipinski definition) is 2. The largest absolute Gasteiger partial charge is 0.416 e. The third kappa shape index (κ3) is 5.23. The molecule has 2 aromatic heterocycles. The summed E-state index contributed by atoms with van der Waals surface area (Å²) in [6.07, 6.45) is 3.94. The number of rotatable bonds is 5. The number of allylic oxidation sites excluding steroid dienone is 1. The van der Waals surface area contributed by atoms with E-state index in [-0.39, 0.29) is 18.1 Å². The standard InChI is InChI=1S/C22H21F3N6O.ClH/c1-29(2)18-7-10-31(27-13-18)28-21(32)20-12-16-11-17(22(23,24)25)3-4-19(16)30(20)14-15-5-8-26-9-6-15;/h3-13,27H,14H2,1-2H3,(H,28,32);1H. The molecule has 33 heavy (non-hydrogen) atoms. The second kappa shape index (κ2) is 9.45. The summed E-state index contributed by atoms with van der Waals surface area (Å²) >= 11 is 0. The molecule has 0 saturated heterocycles. The van der Waals surface area contributed by atoms with Crippen molar-refractivity contribution in [2.75, 3.05) is 14.1 Å². The number of amides is 1.